The third-order valence-corrected chi connectivity index (χ3v) is 6.40. The molecular weight excluding hydrogens is 396 g/mol. The van der Waals surface area contributed by atoms with Gasteiger partial charge >= 0.3 is 5.69 Å². The van der Waals surface area contributed by atoms with Crippen molar-refractivity contribution in [1.29, 1.82) is 0 Å². The summed E-state index contributed by atoms with van der Waals surface area (Å²) in [6.45, 7) is 1.15. The molecule has 2 aliphatic heterocycles. The largest absolute Gasteiger partial charge is 0.483 e. The SMILES string of the molecule is CN(C)S(=O)(=O)N1C[C@H]2COC[C@@H]1CN(C(=O)c1nn(C)c(=O)[nH]1)C2.O=CO. The Morgan fingerprint density at radius 3 is 2.50 bits per heavy atom. The maximum absolute atomic E-state index is 12.7. The van der Waals surface area contributed by atoms with E-state index in [1.165, 1.54) is 25.4 Å². The summed E-state index contributed by atoms with van der Waals surface area (Å²) in [7, 11) is 0.785. The molecule has 158 valence electrons. The Labute approximate surface area is 161 Å². The van der Waals surface area contributed by atoms with Gasteiger partial charge in [-0.3, -0.25) is 14.6 Å². The highest BCUT2D eigenvalue weighted by atomic mass is 32.2. The first-order chi connectivity index (χ1) is 13.1. The van der Waals surface area contributed by atoms with Gasteiger partial charge in [-0.2, -0.15) is 17.0 Å². The van der Waals surface area contributed by atoms with Gasteiger partial charge < -0.3 is 14.7 Å². The summed E-state index contributed by atoms with van der Waals surface area (Å²) in [4.78, 5) is 36.5. The average molecular weight is 420 g/mol. The van der Waals surface area contributed by atoms with E-state index in [0.717, 1.165) is 8.99 Å². The smallest absolute Gasteiger partial charge is 0.343 e. The Bertz CT molecular complexity index is 864. The number of carbonyl (C=O) groups is 2. The summed E-state index contributed by atoms with van der Waals surface area (Å²) in [5.74, 6) is -0.615. The molecule has 13 nitrogen and oxygen atoms in total. The van der Waals surface area contributed by atoms with E-state index >= 15 is 0 Å². The number of amides is 1. The van der Waals surface area contributed by atoms with E-state index in [2.05, 4.69) is 10.1 Å². The van der Waals surface area contributed by atoms with Gasteiger partial charge in [-0.1, -0.05) is 0 Å². The van der Waals surface area contributed by atoms with Gasteiger partial charge in [0.2, 0.25) is 5.82 Å². The molecule has 2 bridgehead atoms. The third kappa shape index (κ3) is 4.57. The minimum absolute atomic E-state index is 0.0459. The molecule has 0 radical (unpaired) electrons. The van der Waals surface area contributed by atoms with Crippen LogP contribution in [0, 0.1) is 5.92 Å². The fourth-order valence-electron chi connectivity index (χ4n) is 3.11. The lowest BCUT2D eigenvalue weighted by Gasteiger charge is -2.31. The number of ether oxygens (including phenoxy) is 1. The molecule has 1 aromatic rings. The molecule has 2 atom stereocenters. The van der Waals surface area contributed by atoms with Crippen molar-refractivity contribution >= 4 is 22.6 Å². The monoisotopic (exact) mass is 420 g/mol. The molecule has 0 aliphatic carbocycles. The maximum Gasteiger partial charge on any atom is 0.343 e. The van der Waals surface area contributed by atoms with E-state index in [1.54, 1.807) is 4.90 Å². The van der Waals surface area contributed by atoms with Gasteiger partial charge in [-0.25, -0.2) is 9.48 Å². The lowest BCUT2D eigenvalue weighted by Crippen LogP contribution is -2.50. The fourth-order valence-corrected chi connectivity index (χ4v) is 4.43. The predicted molar refractivity (Wildman–Crippen MR) is 95.8 cm³/mol. The number of H-pyrrole nitrogens is 1. The van der Waals surface area contributed by atoms with Crippen LogP contribution in [0.5, 0.6) is 0 Å². The van der Waals surface area contributed by atoms with Crippen molar-refractivity contribution in [2.45, 2.75) is 6.04 Å². The Kier molecular flexibility index (Phi) is 6.92. The quantitative estimate of drug-likeness (QED) is 0.503. The molecule has 1 amide bonds. The Balaban J connectivity index is 0.000000878. The standard InChI is InChI=1S/C13H22N6O5S.CH2O2/c1-16(2)25(22,23)19-5-9-4-18(6-10(19)8-24-7-9)12(20)11-14-13(21)17(3)15-11;2-1-3/h9-10H,4-8H2,1-3H3,(H,14,15,21);1H,(H,2,3)/t9-,10-;/m0./s1. The van der Waals surface area contributed by atoms with Gasteiger partial charge in [0.05, 0.1) is 19.3 Å². The average Bonchev–Trinajstić information content (AvgIpc) is 2.78. The van der Waals surface area contributed by atoms with Crippen molar-refractivity contribution in [2.75, 3.05) is 46.9 Å². The van der Waals surface area contributed by atoms with Gasteiger partial charge in [0.15, 0.2) is 0 Å². The first kappa shape index (κ1) is 22.0. The zero-order chi connectivity index (χ0) is 21.1. The van der Waals surface area contributed by atoms with Crippen LogP contribution in [0.3, 0.4) is 0 Å². The number of fused-ring (bicyclic) bond motifs is 3. The van der Waals surface area contributed by atoms with E-state index in [0.29, 0.717) is 13.2 Å². The van der Waals surface area contributed by atoms with Crippen molar-refractivity contribution in [1.82, 2.24) is 28.3 Å². The Hall–Kier alpha value is -2.29. The molecule has 1 aromatic heterocycles. The van der Waals surface area contributed by atoms with Crippen LogP contribution in [0.25, 0.3) is 0 Å². The van der Waals surface area contributed by atoms with E-state index in [4.69, 9.17) is 14.6 Å². The van der Waals surface area contributed by atoms with Crippen LogP contribution in [-0.4, -0.2) is 107 Å². The number of carbonyl (C=O) groups excluding carboxylic acids is 1. The summed E-state index contributed by atoms with van der Waals surface area (Å²) in [5.41, 5.74) is -0.474. The van der Waals surface area contributed by atoms with Gasteiger partial charge in [0.25, 0.3) is 22.6 Å². The molecule has 3 heterocycles. The van der Waals surface area contributed by atoms with Crippen molar-refractivity contribution < 1.29 is 27.9 Å². The number of nitrogens with one attached hydrogen (secondary N) is 1. The minimum atomic E-state index is -3.62. The van der Waals surface area contributed by atoms with Crippen LogP contribution in [-0.2, 0) is 26.8 Å². The van der Waals surface area contributed by atoms with Crippen LogP contribution in [0.1, 0.15) is 10.6 Å². The second-order valence-corrected chi connectivity index (χ2v) is 8.73. The highest BCUT2D eigenvalue weighted by Gasteiger charge is 2.41. The molecule has 0 unspecified atom stereocenters. The second-order valence-electron chi connectivity index (χ2n) is 6.64. The number of nitrogens with zero attached hydrogens (tertiary/aromatic N) is 5. The van der Waals surface area contributed by atoms with Crippen molar-refractivity contribution in [3.05, 3.63) is 16.3 Å². The summed E-state index contributed by atoms with van der Waals surface area (Å²) in [6.07, 6.45) is 0. The van der Waals surface area contributed by atoms with E-state index in [9.17, 15) is 18.0 Å². The number of rotatable bonds is 3. The van der Waals surface area contributed by atoms with Crippen molar-refractivity contribution in [2.24, 2.45) is 13.0 Å². The highest BCUT2D eigenvalue weighted by Crippen LogP contribution is 2.24. The van der Waals surface area contributed by atoms with Crippen LogP contribution in [0.2, 0.25) is 0 Å². The highest BCUT2D eigenvalue weighted by molar-refractivity contribution is 7.86. The Morgan fingerprint density at radius 2 is 1.96 bits per heavy atom. The van der Waals surface area contributed by atoms with Crippen molar-refractivity contribution in [3.8, 4) is 0 Å². The summed E-state index contributed by atoms with van der Waals surface area (Å²) in [6, 6.07) is -0.487. The molecule has 0 aromatic carbocycles. The third-order valence-electron chi connectivity index (χ3n) is 4.44. The van der Waals surface area contributed by atoms with Crippen LogP contribution in [0.15, 0.2) is 4.79 Å². The zero-order valence-electron chi connectivity index (χ0n) is 15.8. The molecule has 28 heavy (non-hydrogen) atoms. The van der Waals surface area contributed by atoms with Crippen molar-refractivity contribution in [3.63, 3.8) is 0 Å². The minimum Gasteiger partial charge on any atom is -0.483 e. The summed E-state index contributed by atoms with van der Waals surface area (Å²) in [5, 5.41) is 10.8. The van der Waals surface area contributed by atoms with Gasteiger partial charge in [0, 0.05) is 46.7 Å². The second kappa shape index (κ2) is 8.81. The normalized spacial score (nSPS) is 22.9. The number of aromatic nitrogens is 3. The van der Waals surface area contributed by atoms with E-state index in [-0.39, 0.29) is 37.9 Å². The molecule has 2 fully saturated rings. The first-order valence-corrected chi connectivity index (χ1v) is 9.79. The number of carboxylic acid groups (broad SMARTS) is 1. The van der Waals surface area contributed by atoms with Crippen LogP contribution < -0.4 is 5.69 Å². The number of hydrogen-bond acceptors (Lipinski definition) is 7. The van der Waals surface area contributed by atoms with E-state index < -0.39 is 27.8 Å². The molecule has 2 aliphatic rings. The van der Waals surface area contributed by atoms with Crippen LogP contribution >= 0.6 is 0 Å². The molecular formula is C14H24N6O7S. The Morgan fingerprint density at radius 1 is 1.32 bits per heavy atom. The van der Waals surface area contributed by atoms with Gasteiger partial charge in [0.1, 0.15) is 0 Å². The molecule has 2 N–H and O–H groups in total. The molecule has 2 saturated heterocycles. The topological polar surface area (TPSA) is 158 Å². The van der Waals surface area contributed by atoms with Gasteiger partial charge in [-0.15, -0.1) is 5.10 Å². The summed E-state index contributed by atoms with van der Waals surface area (Å²) < 4.78 is 34.4. The van der Waals surface area contributed by atoms with Crippen LogP contribution in [0.4, 0.5) is 0 Å². The molecule has 3 rings (SSSR count). The summed E-state index contributed by atoms with van der Waals surface area (Å²) >= 11 is 0. The zero-order valence-corrected chi connectivity index (χ0v) is 16.6. The molecule has 0 spiro atoms. The lowest BCUT2D eigenvalue weighted by molar-refractivity contribution is -0.122. The first-order valence-electron chi connectivity index (χ1n) is 8.39. The number of aromatic amines is 1. The number of aryl methyl sites for hydroxylation is 1. The fraction of sp³-hybridized carbons (Fsp3) is 0.714. The van der Waals surface area contributed by atoms with Gasteiger partial charge in [-0.05, 0) is 0 Å². The predicted octanol–water partition coefficient (Wildman–Crippen LogP) is -2.61. The lowest BCUT2D eigenvalue weighted by atomic mass is 10.1. The maximum atomic E-state index is 12.7. The molecule has 0 saturated carbocycles. The molecule has 14 heteroatoms. The number of hydrogen-bond donors (Lipinski definition) is 2. The van der Waals surface area contributed by atoms with E-state index in [1.807, 2.05) is 0 Å².